The van der Waals surface area contributed by atoms with Crippen LogP contribution in [0.4, 0.5) is 4.39 Å². The van der Waals surface area contributed by atoms with Crippen LogP contribution >= 0.6 is 0 Å². The number of carbonyl (C=O) groups is 1. The van der Waals surface area contributed by atoms with Crippen LogP contribution in [0.3, 0.4) is 0 Å². The highest BCUT2D eigenvalue weighted by atomic mass is 19.1. The van der Waals surface area contributed by atoms with Crippen molar-refractivity contribution < 1.29 is 19.4 Å². The van der Waals surface area contributed by atoms with Crippen LogP contribution < -0.4 is 0 Å². The van der Waals surface area contributed by atoms with E-state index in [9.17, 15) is 14.3 Å². The minimum atomic E-state index is -1.19. The van der Waals surface area contributed by atoms with Crippen molar-refractivity contribution in [1.82, 2.24) is 0 Å². The summed E-state index contributed by atoms with van der Waals surface area (Å²) in [6, 6.07) is 5.49. The fourth-order valence-electron chi connectivity index (χ4n) is 1.60. The fourth-order valence-corrected chi connectivity index (χ4v) is 1.60. The van der Waals surface area contributed by atoms with Gasteiger partial charge in [0, 0.05) is 6.42 Å². The van der Waals surface area contributed by atoms with Gasteiger partial charge in [0.2, 0.25) is 0 Å². The molecule has 0 amide bonds. The SMILES string of the molecule is CCC(O)(CCC(=O)O)c1ccc(F)cc1. The molecule has 0 fully saturated rings. The van der Waals surface area contributed by atoms with Crippen molar-refractivity contribution >= 4 is 5.97 Å². The van der Waals surface area contributed by atoms with E-state index in [1.807, 2.05) is 0 Å². The van der Waals surface area contributed by atoms with Gasteiger partial charge in [-0.25, -0.2) is 4.39 Å². The Morgan fingerprint density at radius 3 is 2.38 bits per heavy atom. The maximum atomic E-state index is 12.7. The quantitative estimate of drug-likeness (QED) is 0.809. The zero-order valence-electron chi connectivity index (χ0n) is 9.11. The summed E-state index contributed by atoms with van der Waals surface area (Å²) in [7, 11) is 0. The average Bonchev–Trinajstić information content (AvgIpc) is 2.27. The monoisotopic (exact) mass is 226 g/mol. The lowest BCUT2D eigenvalue weighted by molar-refractivity contribution is -0.138. The zero-order valence-corrected chi connectivity index (χ0v) is 9.11. The predicted octanol–water partition coefficient (Wildman–Crippen LogP) is 2.29. The molecule has 3 nitrogen and oxygen atoms in total. The van der Waals surface area contributed by atoms with E-state index in [-0.39, 0.29) is 18.7 Å². The predicted molar refractivity (Wildman–Crippen MR) is 57.5 cm³/mol. The lowest BCUT2D eigenvalue weighted by Crippen LogP contribution is -2.25. The van der Waals surface area contributed by atoms with Gasteiger partial charge in [-0.2, -0.15) is 0 Å². The molecule has 0 saturated heterocycles. The minimum Gasteiger partial charge on any atom is -0.481 e. The minimum absolute atomic E-state index is 0.109. The van der Waals surface area contributed by atoms with Crippen LogP contribution in [0.2, 0.25) is 0 Å². The van der Waals surface area contributed by atoms with Gasteiger partial charge in [0.25, 0.3) is 0 Å². The molecule has 0 aliphatic rings. The Morgan fingerprint density at radius 2 is 1.94 bits per heavy atom. The van der Waals surface area contributed by atoms with E-state index < -0.39 is 11.6 Å². The summed E-state index contributed by atoms with van der Waals surface area (Å²) >= 11 is 0. The van der Waals surface area contributed by atoms with E-state index in [4.69, 9.17) is 5.11 Å². The van der Waals surface area contributed by atoms with Crippen molar-refractivity contribution in [3.05, 3.63) is 35.6 Å². The van der Waals surface area contributed by atoms with Gasteiger partial charge in [0.1, 0.15) is 5.82 Å². The molecule has 4 heteroatoms. The van der Waals surface area contributed by atoms with E-state index in [1.54, 1.807) is 6.92 Å². The smallest absolute Gasteiger partial charge is 0.303 e. The largest absolute Gasteiger partial charge is 0.481 e. The molecule has 0 saturated carbocycles. The topological polar surface area (TPSA) is 57.5 Å². The summed E-state index contributed by atoms with van der Waals surface area (Å²) in [4.78, 5) is 10.5. The molecule has 1 atom stereocenters. The van der Waals surface area contributed by atoms with Gasteiger partial charge in [0.15, 0.2) is 0 Å². The Kier molecular flexibility index (Phi) is 4.01. The average molecular weight is 226 g/mol. The number of carboxylic acids is 1. The van der Waals surface area contributed by atoms with Crippen molar-refractivity contribution in [1.29, 1.82) is 0 Å². The summed E-state index contributed by atoms with van der Waals surface area (Å²) in [6.07, 6.45) is 0.415. The lowest BCUT2D eigenvalue weighted by atomic mass is 9.87. The number of halogens is 1. The normalized spacial score (nSPS) is 14.4. The van der Waals surface area contributed by atoms with Crippen LogP contribution in [0.15, 0.2) is 24.3 Å². The molecule has 1 unspecified atom stereocenters. The molecular formula is C12H15FO3. The number of hydrogen-bond donors (Lipinski definition) is 2. The first-order valence-electron chi connectivity index (χ1n) is 5.18. The van der Waals surface area contributed by atoms with Gasteiger partial charge in [-0.05, 0) is 30.5 Å². The molecule has 0 aromatic heterocycles. The third-order valence-corrected chi connectivity index (χ3v) is 2.72. The molecule has 1 rings (SSSR count). The number of aliphatic hydroxyl groups is 1. The lowest BCUT2D eigenvalue weighted by Gasteiger charge is -2.26. The first kappa shape index (κ1) is 12.6. The van der Waals surface area contributed by atoms with E-state index in [2.05, 4.69) is 0 Å². The maximum Gasteiger partial charge on any atom is 0.303 e. The van der Waals surface area contributed by atoms with Crippen molar-refractivity contribution in [2.24, 2.45) is 0 Å². The summed E-state index contributed by atoms with van der Waals surface area (Å²) in [5.41, 5.74) is -0.635. The van der Waals surface area contributed by atoms with E-state index in [1.165, 1.54) is 24.3 Å². The van der Waals surface area contributed by atoms with Crippen LogP contribution in [0.5, 0.6) is 0 Å². The highest BCUT2D eigenvalue weighted by Crippen LogP contribution is 2.29. The summed E-state index contributed by atoms with van der Waals surface area (Å²) in [5, 5.41) is 18.8. The number of carboxylic acid groups (broad SMARTS) is 1. The second kappa shape index (κ2) is 5.07. The van der Waals surface area contributed by atoms with Gasteiger partial charge in [-0.15, -0.1) is 0 Å². The van der Waals surface area contributed by atoms with Crippen molar-refractivity contribution in [3.8, 4) is 0 Å². The summed E-state index contributed by atoms with van der Waals surface area (Å²) in [6.45, 7) is 1.77. The Hall–Kier alpha value is -1.42. The maximum absolute atomic E-state index is 12.7. The number of hydrogen-bond acceptors (Lipinski definition) is 2. The van der Waals surface area contributed by atoms with Crippen LogP contribution in [-0.2, 0) is 10.4 Å². The molecule has 0 aliphatic carbocycles. The Labute approximate surface area is 93.5 Å². The molecule has 1 aromatic rings. The zero-order chi connectivity index (χ0) is 12.2. The third-order valence-electron chi connectivity index (χ3n) is 2.72. The van der Waals surface area contributed by atoms with E-state index >= 15 is 0 Å². The number of aliphatic carboxylic acids is 1. The van der Waals surface area contributed by atoms with Gasteiger partial charge < -0.3 is 10.2 Å². The van der Waals surface area contributed by atoms with E-state index in [0.29, 0.717) is 12.0 Å². The molecule has 0 bridgehead atoms. The second-order valence-electron chi connectivity index (χ2n) is 3.79. The van der Waals surface area contributed by atoms with Crippen LogP contribution in [0.25, 0.3) is 0 Å². The first-order chi connectivity index (χ1) is 7.48. The summed E-state index contributed by atoms with van der Waals surface area (Å²) in [5.74, 6) is -1.32. The molecule has 1 aromatic carbocycles. The molecule has 0 spiro atoms. The molecule has 16 heavy (non-hydrogen) atoms. The van der Waals surface area contributed by atoms with Crippen LogP contribution in [0.1, 0.15) is 31.7 Å². The highest BCUT2D eigenvalue weighted by molar-refractivity contribution is 5.66. The second-order valence-corrected chi connectivity index (χ2v) is 3.79. The standard InChI is InChI=1S/C12H15FO3/c1-2-12(16,8-7-11(14)15)9-3-5-10(13)6-4-9/h3-6,16H,2,7-8H2,1H3,(H,14,15). The molecule has 0 radical (unpaired) electrons. The van der Waals surface area contributed by atoms with Crippen LogP contribution in [0, 0.1) is 5.82 Å². The summed E-state index contributed by atoms with van der Waals surface area (Å²) < 4.78 is 12.7. The number of rotatable bonds is 5. The molecule has 0 aliphatic heterocycles. The molecule has 0 heterocycles. The Balaban J connectivity index is 2.86. The van der Waals surface area contributed by atoms with E-state index in [0.717, 1.165) is 0 Å². The van der Waals surface area contributed by atoms with Crippen molar-refractivity contribution in [2.45, 2.75) is 31.8 Å². The number of benzene rings is 1. The molecule has 88 valence electrons. The van der Waals surface area contributed by atoms with Crippen molar-refractivity contribution in [2.75, 3.05) is 0 Å². The first-order valence-corrected chi connectivity index (χ1v) is 5.18. The molecular weight excluding hydrogens is 211 g/mol. The highest BCUT2D eigenvalue weighted by Gasteiger charge is 2.27. The van der Waals surface area contributed by atoms with Gasteiger partial charge in [0.05, 0.1) is 5.60 Å². The van der Waals surface area contributed by atoms with Gasteiger partial charge in [-0.3, -0.25) is 4.79 Å². The Bertz CT molecular complexity index is 361. The van der Waals surface area contributed by atoms with Crippen LogP contribution in [-0.4, -0.2) is 16.2 Å². The van der Waals surface area contributed by atoms with Gasteiger partial charge in [-0.1, -0.05) is 19.1 Å². The van der Waals surface area contributed by atoms with Crippen molar-refractivity contribution in [3.63, 3.8) is 0 Å². The third kappa shape index (κ3) is 3.03. The Morgan fingerprint density at radius 1 is 1.38 bits per heavy atom. The fraction of sp³-hybridized carbons (Fsp3) is 0.417. The molecule has 2 N–H and O–H groups in total. The van der Waals surface area contributed by atoms with Gasteiger partial charge >= 0.3 is 5.97 Å².